The molecule has 0 bridgehead atoms. The van der Waals surface area contributed by atoms with Gasteiger partial charge in [0.2, 0.25) is 0 Å². The summed E-state index contributed by atoms with van der Waals surface area (Å²) in [6.07, 6.45) is 0.0706. The average molecular weight is 251 g/mol. The minimum atomic E-state index is 0.0706. The van der Waals surface area contributed by atoms with E-state index in [1.54, 1.807) is 7.11 Å². The van der Waals surface area contributed by atoms with Gasteiger partial charge < -0.3 is 14.8 Å². The van der Waals surface area contributed by atoms with Gasteiger partial charge in [-0.3, -0.25) is 0 Å². The Bertz CT molecular complexity index is 339. The molecule has 0 heterocycles. The van der Waals surface area contributed by atoms with Crippen LogP contribution in [0.15, 0.2) is 24.3 Å². The fourth-order valence-electron chi connectivity index (χ4n) is 1.75. The topological polar surface area (TPSA) is 30.5 Å². The molecule has 0 fully saturated rings. The molecule has 1 aromatic carbocycles. The summed E-state index contributed by atoms with van der Waals surface area (Å²) < 4.78 is 11.0. The van der Waals surface area contributed by atoms with Crippen molar-refractivity contribution >= 4 is 0 Å². The smallest absolute Gasteiger partial charge is 0.124 e. The standard InChI is InChI=1S/C15H25NO2/c1-12(2)9-16-10-14-7-5-6-8-15(14)18-13(3)11-17-4/h5-8,12-13,16H,9-11H2,1-4H3. The molecule has 18 heavy (non-hydrogen) atoms. The van der Waals surface area contributed by atoms with Crippen LogP contribution in [0.1, 0.15) is 26.3 Å². The summed E-state index contributed by atoms with van der Waals surface area (Å²) >= 11 is 0. The van der Waals surface area contributed by atoms with Gasteiger partial charge in [0, 0.05) is 19.2 Å². The highest BCUT2D eigenvalue weighted by Crippen LogP contribution is 2.19. The molecule has 0 radical (unpaired) electrons. The summed E-state index contributed by atoms with van der Waals surface area (Å²) in [7, 11) is 1.69. The third-order valence-electron chi connectivity index (χ3n) is 2.57. The molecule has 0 saturated carbocycles. The third kappa shape index (κ3) is 5.52. The summed E-state index contributed by atoms with van der Waals surface area (Å²) in [5, 5.41) is 3.44. The van der Waals surface area contributed by atoms with E-state index in [1.807, 2.05) is 25.1 Å². The molecule has 3 nitrogen and oxygen atoms in total. The number of para-hydroxylation sites is 1. The highest BCUT2D eigenvalue weighted by Gasteiger charge is 2.07. The number of ether oxygens (including phenoxy) is 2. The summed E-state index contributed by atoms with van der Waals surface area (Å²) in [4.78, 5) is 0. The first-order valence-electron chi connectivity index (χ1n) is 6.57. The van der Waals surface area contributed by atoms with Crippen molar-refractivity contribution in [2.45, 2.75) is 33.4 Å². The first kappa shape index (κ1) is 15.0. The SMILES string of the molecule is COCC(C)Oc1ccccc1CNCC(C)C. The molecular weight excluding hydrogens is 226 g/mol. The lowest BCUT2D eigenvalue weighted by atomic mass is 10.1. The summed E-state index contributed by atoms with van der Waals surface area (Å²) in [5.74, 6) is 1.60. The van der Waals surface area contributed by atoms with Crippen molar-refractivity contribution in [3.8, 4) is 5.75 Å². The number of hydrogen-bond donors (Lipinski definition) is 1. The Morgan fingerprint density at radius 3 is 2.56 bits per heavy atom. The van der Waals surface area contributed by atoms with Crippen molar-refractivity contribution in [3.63, 3.8) is 0 Å². The maximum Gasteiger partial charge on any atom is 0.124 e. The highest BCUT2D eigenvalue weighted by molar-refractivity contribution is 5.33. The molecular formula is C15H25NO2. The molecule has 1 aromatic rings. The third-order valence-corrected chi connectivity index (χ3v) is 2.57. The zero-order valence-corrected chi connectivity index (χ0v) is 11.9. The second-order valence-electron chi connectivity index (χ2n) is 5.02. The molecule has 1 rings (SSSR count). The van der Waals surface area contributed by atoms with E-state index in [9.17, 15) is 0 Å². The predicted molar refractivity (Wildman–Crippen MR) is 75.0 cm³/mol. The molecule has 0 aromatic heterocycles. The van der Waals surface area contributed by atoms with Gasteiger partial charge in [-0.2, -0.15) is 0 Å². The van der Waals surface area contributed by atoms with Crippen LogP contribution in [0.4, 0.5) is 0 Å². The van der Waals surface area contributed by atoms with Crippen LogP contribution >= 0.6 is 0 Å². The fourth-order valence-corrected chi connectivity index (χ4v) is 1.75. The van der Waals surface area contributed by atoms with E-state index >= 15 is 0 Å². The largest absolute Gasteiger partial charge is 0.488 e. The van der Waals surface area contributed by atoms with Crippen LogP contribution in [0.3, 0.4) is 0 Å². The maximum absolute atomic E-state index is 5.88. The maximum atomic E-state index is 5.88. The predicted octanol–water partition coefficient (Wildman–Crippen LogP) is 2.85. The zero-order chi connectivity index (χ0) is 13.4. The van der Waals surface area contributed by atoms with E-state index in [2.05, 4.69) is 25.2 Å². The second kappa shape index (κ2) is 8.11. The van der Waals surface area contributed by atoms with Gasteiger partial charge in [-0.15, -0.1) is 0 Å². The Morgan fingerprint density at radius 2 is 1.89 bits per heavy atom. The van der Waals surface area contributed by atoms with Gasteiger partial charge in [-0.25, -0.2) is 0 Å². The number of methoxy groups -OCH3 is 1. The molecule has 1 unspecified atom stereocenters. The molecule has 102 valence electrons. The van der Waals surface area contributed by atoms with Crippen LogP contribution in [0.2, 0.25) is 0 Å². The van der Waals surface area contributed by atoms with E-state index < -0.39 is 0 Å². The van der Waals surface area contributed by atoms with Crippen LogP contribution < -0.4 is 10.1 Å². The van der Waals surface area contributed by atoms with E-state index in [0.29, 0.717) is 12.5 Å². The van der Waals surface area contributed by atoms with Gasteiger partial charge in [-0.1, -0.05) is 32.0 Å². The fraction of sp³-hybridized carbons (Fsp3) is 0.600. The molecule has 0 aliphatic rings. The van der Waals surface area contributed by atoms with Gasteiger partial charge in [-0.05, 0) is 25.5 Å². The van der Waals surface area contributed by atoms with Crippen molar-refractivity contribution in [2.75, 3.05) is 20.3 Å². The van der Waals surface area contributed by atoms with Gasteiger partial charge in [0.25, 0.3) is 0 Å². The van der Waals surface area contributed by atoms with Crippen LogP contribution in [0.25, 0.3) is 0 Å². The minimum Gasteiger partial charge on any atom is -0.488 e. The first-order chi connectivity index (χ1) is 8.63. The highest BCUT2D eigenvalue weighted by atomic mass is 16.5. The van der Waals surface area contributed by atoms with Crippen molar-refractivity contribution in [3.05, 3.63) is 29.8 Å². The van der Waals surface area contributed by atoms with Gasteiger partial charge in [0.1, 0.15) is 11.9 Å². The van der Waals surface area contributed by atoms with Gasteiger partial charge in [0.15, 0.2) is 0 Å². The molecule has 0 saturated heterocycles. The molecule has 1 atom stereocenters. The quantitative estimate of drug-likeness (QED) is 0.770. The van der Waals surface area contributed by atoms with Crippen molar-refractivity contribution in [2.24, 2.45) is 5.92 Å². The van der Waals surface area contributed by atoms with Crippen LogP contribution in [0.5, 0.6) is 5.75 Å². The Kier molecular flexibility index (Phi) is 6.76. The zero-order valence-electron chi connectivity index (χ0n) is 11.9. The van der Waals surface area contributed by atoms with Gasteiger partial charge in [0.05, 0.1) is 6.61 Å². The average Bonchev–Trinajstić information content (AvgIpc) is 2.31. The van der Waals surface area contributed by atoms with Crippen LogP contribution in [-0.2, 0) is 11.3 Å². The summed E-state index contributed by atoms with van der Waals surface area (Å²) in [6.45, 7) is 8.89. The van der Waals surface area contributed by atoms with Crippen molar-refractivity contribution in [1.82, 2.24) is 5.32 Å². The van der Waals surface area contributed by atoms with E-state index in [-0.39, 0.29) is 6.10 Å². The normalized spacial score (nSPS) is 12.7. The number of benzene rings is 1. The number of hydrogen-bond acceptors (Lipinski definition) is 3. The first-order valence-corrected chi connectivity index (χ1v) is 6.57. The van der Waals surface area contributed by atoms with E-state index in [4.69, 9.17) is 9.47 Å². The van der Waals surface area contributed by atoms with Crippen LogP contribution in [-0.4, -0.2) is 26.4 Å². The summed E-state index contributed by atoms with van der Waals surface area (Å²) in [5.41, 5.74) is 1.20. The van der Waals surface area contributed by atoms with E-state index in [0.717, 1.165) is 18.8 Å². The molecule has 0 aliphatic carbocycles. The van der Waals surface area contributed by atoms with Crippen LogP contribution in [0, 0.1) is 5.92 Å². The lowest BCUT2D eigenvalue weighted by Crippen LogP contribution is -2.22. The van der Waals surface area contributed by atoms with Crippen molar-refractivity contribution in [1.29, 1.82) is 0 Å². The summed E-state index contributed by atoms with van der Waals surface area (Å²) in [6, 6.07) is 8.15. The Balaban J connectivity index is 2.56. The van der Waals surface area contributed by atoms with E-state index in [1.165, 1.54) is 5.56 Å². The lowest BCUT2D eigenvalue weighted by Gasteiger charge is -2.17. The van der Waals surface area contributed by atoms with Crippen molar-refractivity contribution < 1.29 is 9.47 Å². The number of rotatable bonds is 8. The Hall–Kier alpha value is -1.06. The lowest BCUT2D eigenvalue weighted by molar-refractivity contribution is 0.0913. The van der Waals surface area contributed by atoms with Gasteiger partial charge >= 0.3 is 0 Å². The Labute approximate surface area is 110 Å². The second-order valence-corrected chi connectivity index (χ2v) is 5.02. The molecule has 1 N–H and O–H groups in total. The molecule has 0 aliphatic heterocycles. The minimum absolute atomic E-state index is 0.0706. The molecule has 3 heteroatoms. The molecule has 0 amide bonds. The molecule has 0 spiro atoms. The monoisotopic (exact) mass is 251 g/mol. The number of nitrogens with one attached hydrogen (secondary N) is 1. The Morgan fingerprint density at radius 1 is 1.17 bits per heavy atom.